The number of rotatable bonds is 7. The zero-order valence-corrected chi connectivity index (χ0v) is 18.4. The quantitative estimate of drug-likeness (QED) is 0.548. The smallest absolute Gasteiger partial charge is 0.410 e. The lowest BCUT2D eigenvalue weighted by molar-refractivity contribution is -0.136. The fourth-order valence-electron chi connectivity index (χ4n) is 4.79. The van der Waals surface area contributed by atoms with E-state index in [1.807, 2.05) is 20.8 Å². The van der Waals surface area contributed by atoms with Gasteiger partial charge in [-0.3, -0.25) is 9.69 Å². The minimum Gasteiger partial charge on any atom is -0.480 e. The largest absolute Gasteiger partial charge is 0.480 e. The molecule has 0 radical (unpaired) electrons. The SMILES string of the molecule is COC(=O)N1C2CCC(C(CN)CNCC(=O)O)CC2N(C(=O)OC(C)C)C[C@@H]1C. The van der Waals surface area contributed by atoms with Gasteiger partial charge in [-0.1, -0.05) is 0 Å². The van der Waals surface area contributed by atoms with Crippen LogP contribution in [0.1, 0.15) is 40.0 Å². The minimum atomic E-state index is -0.910. The van der Waals surface area contributed by atoms with Crippen molar-refractivity contribution in [2.45, 2.75) is 64.3 Å². The van der Waals surface area contributed by atoms with Gasteiger partial charge in [0.05, 0.1) is 37.9 Å². The second-order valence-electron chi connectivity index (χ2n) is 8.54. The second-order valence-corrected chi connectivity index (χ2v) is 8.54. The van der Waals surface area contributed by atoms with Crippen LogP contribution in [0.3, 0.4) is 0 Å². The van der Waals surface area contributed by atoms with Gasteiger partial charge >= 0.3 is 18.2 Å². The average Bonchev–Trinajstić information content (AvgIpc) is 2.69. The number of aliphatic carboxylic acids is 1. The first-order chi connectivity index (χ1) is 14.2. The molecule has 1 saturated heterocycles. The number of carboxylic acid groups (broad SMARTS) is 1. The van der Waals surface area contributed by atoms with Crippen LogP contribution in [0.4, 0.5) is 9.59 Å². The molecule has 4 unspecified atom stereocenters. The van der Waals surface area contributed by atoms with E-state index in [1.54, 1.807) is 9.80 Å². The Hall–Kier alpha value is -2.07. The Morgan fingerprint density at radius 1 is 1.20 bits per heavy atom. The van der Waals surface area contributed by atoms with Gasteiger partial charge in [-0.25, -0.2) is 9.59 Å². The number of piperazine rings is 1. The Kier molecular flexibility index (Phi) is 8.72. The molecule has 2 aliphatic rings. The molecule has 0 aromatic heterocycles. The van der Waals surface area contributed by atoms with E-state index in [1.165, 1.54) is 7.11 Å². The summed E-state index contributed by atoms with van der Waals surface area (Å²) in [4.78, 5) is 39.6. The monoisotopic (exact) mass is 428 g/mol. The number of carbonyl (C=O) groups excluding carboxylic acids is 2. The third-order valence-electron chi connectivity index (χ3n) is 6.12. The molecule has 1 heterocycles. The highest BCUT2D eigenvalue weighted by Gasteiger charge is 2.48. The molecule has 0 aromatic rings. The van der Waals surface area contributed by atoms with Gasteiger partial charge in [0, 0.05) is 6.54 Å². The maximum absolute atomic E-state index is 12.8. The Morgan fingerprint density at radius 3 is 2.47 bits per heavy atom. The van der Waals surface area contributed by atoms with E-state index >= 15 is 0 Å². The van der Waals surface area contributed by atoms with Crippen molar-refractivity contribution in [1.82, 2.24) is 15.1 Å². The molecule has 0 spiro atoms. The van der Waals surface area contributed by atoms with Crippen molar-refractivity contribution in [3.63, 3.8) is 0 Å². The highest BCUT2D eigenvalue weighted by atomic mass is 16.6. The summed E-state index contributed by atoms with van der Waals surface area (Å²) < 4.78 is 10.5. The molecule has 1 aliphatic heterocycles. The number of carbonyl (C=O) groups is 3. The molecule has 0 bridgehead atoms. The molecular formula is C20H36N4O6. The number of ether oxygens (including phenoxy) is 2. The van der Waals surface area contributed by atoms with E-state index in [4.69, 9.17) is 20.3 Å². The Morgan fingerprint density at radius 2 is 1.90 bits per heavy atom. The molecule has 10 nitrogen and oxygen atoms in total. The van der Waals surface area contributed by atoms with Crippen LogP contribution in [0.5, 0.6) is 0 Å². The number of fused-ring (bicyclic) bond motifs is 1. The number of hydrogen-bond acceptors (Lipinski definition) is 7. The van der Waals surface area contributed by atoms with Crippen LogP contribution < -0.4 is 11.1 Å². The first-order valence-corrected chi connectivity index (χ1v) is 10.7. The van der Waals surface area contributed by atoms with E-state index in [9.17, 15) is 14.4 Å². The van der Waals surface area contributed by atoms with Crippen LogP contribution in [-0.2, 0) is 14.3 Å². The van der Waals surface area contributed by atoms with Crippen molar-refractivity contribution in [3.05, 3.63) is 0 Å². The zero-order chi connectivity index (χ0) is 22.4. The first-order valence-electron chi connectivity index (χ1n) is 10.7. The number of methoxy groups -OCH3 is 1. The normalized spacial score (nSPS) is 27.4. The van der Waals surface area contributed by atoms with E-state index < -0.39 is 5.97 Å². The van der Waals surface area contributed by atoms with Crippen LogP contribution >= 0.6 is 0 Å². The highest BCUT2D eigenvalue weighted by molar-refractivity contribution is 5.72. The fraction of sp³-hybridized carbons (Fsp3) is 0.850. The van der Waals surface area contributed by atoms with Gasteiger partial charge in [0.25, 0.3) is 0 Å². The van der Waals surface area contributed by atoms with Gasteiger partial charge in [-0.15, -0.1) is 0 Å². The average molecular weight is 429 g/mol. The summed E-state index contributed by atoms with van der Waals surface area (Å²) >= 11 is 0. The minimum absolute atomic E-state index is 0.0826. The third-order valence-corrected chi connectivity index (χ3v) is 6.12. The lowest BCUT2D eigenvalue weighted by atomic mass is 9.73. The number of nitrogens with two attached hydrogens (primary N) is 1. The van der Waals surface area contributed by atoms with E-state index in [0.29, 0.717) is 26.1 Å². The Balaban J connectivity index is 2.20. The number of hydrogen-bond donors (Lipinski definition) is 3. The van der Waals surface area contributed by atoms with Crippen molar-refractivity contribution in [2.24, 2.45) is 17.6 Å². The van der Waals surface area contributed by atoms with Gasteiger partial charge < -0.3 is 30.5 Å². The van der Waals surface area contributed by atoms with Gasteiger partial charge in [0.15, 0.2) is 0 Å². The zero-order valence-electron chi connectivity index (χ0n) is 18.4. The standard InChI is InChI=1S/C20H36N4O6/c1-12(2)30-19(27)23-11-13(3)24(20(28)29-4)16-6-5-14(7-17(16)23)15(8-21)9-22-10-18(25)26/h12-17,22H,5-11,21H2,1-4H3,(H,25,26)/t13-,14?,15?,16?,17?/m0/s1. The number of amides is 2. The van der Waals surface area contributed by atoms with Crippen molar-refractivity contribution >= 4 is 18.2 Å². The molecule has 1 aliphatic carbocycles. The number of carboxylic acids is 1. The third kappa shape index (κ3) is 5.75. The Bertz CT molecular complexity index is 616. The van der Waals surface area contributed by atoms with Crippen molar-refractivity contribution < 1.29 is 29.0 Å². The molecule has 0 aromatic carbocycles. The van der Waals surface area contributed by atoms with Crippen LogP contribution in [0.15, 0.2) is 0 Å². The summed E-state index contributed by atoms with van der Waals surface area (Å²) in [6, 6.07) is -0.529. The molecule has 1 saturated carbocycles. The van der Waals surface area contributed by atoms with Gasteiger partial charge in [-0.05, 0) is 65.0 Å². The van der Waals surface area contributed by atoms with E-state index in [0.717, 1.165) is 12.8 Å². The first kappa shape index (κ1) is 24.2. The van der Waals surface area contributed by atoms with Crippen LogP contribution in [0.25, 0.3) is 0 Å². The molecule has 172 valence electrons. The highest BCUT2D eigenvalue weighted by Crippen LogP contribution is 2.39. The van der Waals surface area contributed by atoms with Gasteiger partial charge in [0.1, 0.15) is 0 Å². The van der Waals surface area contributed by atoms with E-state index in [2.05, 4.69) is 5.32 Å². The molecule has 2 amide bonds. The summed E-state index contributed by atoms with van der Waals surface area (Å²) in [6.45, 7) is 6.71. The predicted octanol–water partition coefficient (Wildman–Crippen LogP) is 1.09. The number of nitrogens with one attached hydrogen (secondary N) is 1. The lowest BCUT2D eigenvalue weighted by Gasteiger charge is -2.53. The molecule has 5 atom stereocenters. The summed E-state index contributed by atoms with van der Waals surface area (Å²) in [6.07, 6.45) is 1.24. The van der Waals surface area contributed by atoms with Crippen molar-refractivity contribution in [1.29, 1.82) is 0 Å². The summed E-state index contributed by atoms with van der Waals surface area (Å²) in [5, 5.41) is 11.8. The maximum atomic E-state index is 12.8. The van der Waals surface area contributed by atoms with Crippen molar-refractivity contribution in [3.8, 4) is 0 Å². The van der Waals surface area contributed by atoms with Gasteiger partial charge in [0.2, 0.25) is 0 Å². The van der Waals surface area contributed by atoms with Crippen LogP contribution in [0, 0.1) is 11.8 Å². The fourth-order valence-corrected chi connectivity index (χ4v) is 4.79. The summed E-state index contributed by atoms with van der Waals surface area (Å²) in [7, 11) is 1.37. The van der Waals surface area contributed by atoms with Crippen LogP contribution in [0.2, 0.25) is 0 Å². The van der Waals surface area contributed by atoms with Crippen LogP contribution in [-0.4, -0.2) is 90.6 Å². The van der Waals surface area contributed by atoms with Crippen molar-refractivity contribution in [2.75, 3.05) is 33.3 Å². The molecule has 10 heteroatoms. The summed E-state index contributed by atoms with van der Waals surface area (Å²) in [5.41, 5.74) is 5.99. The predicted molar refractivity (Wildman–Crippen MR) is 110 cm³/mol. The van der Waals surface area contributed by atoms with E-state index in [-0.39, 0.29) is 54.8 Å². The molecule has 2 fully saturated rings. The molecular weight excluding hydrogens is 392 g/mol. The molecule has 2 rings (SSSR count). The summed E-state index contributed by atoms with van der Waals surface area (Å²) in [5.74, 6) is -0.619. The Labute approximate surface area is 178 Å². The molecule has 30 heavy (non-hydrogen) atoms. The topological polar surface area (TPSA) is 134 Å². The lowest BCUT2D eigenvalue weighted by Crippen LogP contribution is -2.67. The second kappa shape index (κ2) is 10.8. The number of nitrogens with zero attached hydrogens (tertiary/aromatic N) is 2. The molecule has 4 N–H and O–H groups in total. The maximum Gasteiger partial charge on any atom is 0.410 e. The van der Waals surface area contributed by atoms with Gasteiger partial charge in [-0.2, -0.15) is 0 Å².